The number of carboxylic acid groups (broad SMARTS) is 1. The quantitative estimate of drug-likeness (QED) is 0.190. The summed E-state index contributed by atoms with van der Waals surface area (Å²) in [5.74, 6) is -0.252. The molecule has 228 valence electrons. The fourth-order valence-corrected chi connectivity index (χ4v) is 6.85. The van der Waals surface area contributed by atoms with E-state index in [1.807, 2.05) is 78.9 Å². The molecule has 0 saturated heterocycles. The van der Waals surface area contributed by atoms with Crippen LogP contribution in [0.3, 0.4) is 0 Å². The number of methoxy groups -OCH3 is 1. The van der Waals surface area contributed by atoms with Crippen molar-refractivity contribution in [3.63, 3.8) is 0 Å². The van der Waals surface area contributed by atoms with Crippen LogP contribution >= 0.6 is 11.3 Å². The van der Waals surface area contributed by atoms with Gasteiger partial charge in [0, 0.05) is 23.1 Å². The molecule has 0 unspecified atom stereocenters. The third-order valence-electron chi connectivity index (χ3n) is 7.96. The smallest absolute Gasteiger partial charge is 0.416 e. The molecule has 0 aliphatic carbocycles. The Morgan fingerprint density at radius 1 is 0.848 bits per heavy atom. The predicted molar refractivity (Wildman–Crippen MR) is 175 cm³/mol. The Morgan fingerprint density at radius 2 is 1.61 bits per heavy atom. The molecule has 0 bridgehead atoms. The van der Waals surface area contributed by atoms with Crippen LogP contribution in [0, 0.1) is 0 Å². The molecule has 0 saturated carbocycles. The van der Waals surface area contributed by atoms with Gasteiger partial charge in [0.15, 0.2) is 0 Å². The molecule has 0 atom stereocenters. The van der Waals surface area contributed by atoms with Gasteiger partial charge < -0.3 is 14.4 Å². The maximum Gasteiger partial charge on any atom is 0.416 e. The highest BCUT2D eigenvalue weighted by Crippen LogP contribution is 2.45. The van der Waals surface area contributed by atoms with Crippen LogP contribution in [0.1, 0.15) is 20.8 Å². The summed E-state index contributed by atoms with van der Waals surface area (Å²) in [7, 11) is 1.62. The highest BCUT2D eigenvalue weighted by atomic mass is 32.1. The van der Waals surface area contributed by atoms with Crippen molar-refractivity contribution in [3.8, 4) is 39.4 Å². The number of carbonyl (C=O) groups is 1. The number of ether oxygens (including phenoxy) is 1. The van der Waals surface area contributed by atoms with E-state index in [1.165, 1.54) is 23.5 Å². The van der Waals surface area contributed by atoms with Crippen LogP contribution in [-0.2, 0) is 12.7 Å². The number of benzene rings is 4. The normalized spacial score (nSPS) is 11.7. The van der Waals surface area contributed by atoms with Crippen molar-refractivity contribution >= 4 is 38.4 Å². The third-order valence-corrected chi connectivity index (χ3v) is 9.09. The second kappa shape index (κ2) is 11.5. The molecule has 0 aliphatic heterocycles. The maximum atomic E-state index is 13.1. The van der Waals surface area contributed by atoms with E-state index in [-0.39, 0.29) is 4.88 Å². The summed E-state index contributed by atoms with van der Waals surface area (Å²) < 4.78 is 47.7. The summed E-state index contributed by atoms with van der Waals surface area (Å²) in [6.07, 6.45) is -4.40. The summed E-state index contributed by atoms with van der Waals surface area (Å²) in [4.78, 5) is 17.1. The first-order valence-electron chi connectivity index (χ1n) is 14.4. The average Bonchev–Trinajstić information content (AvgIpc) is 3.63. The van der Waals surface area contributed by atoms with Crippen LogP contribution in [0.4, 0.5) is 13.2 Å². The fraction of sp³-hybridized carbons (Fsp3) is 0.0811. The van der Waals surface area contributed by atoms with Crippen LogP contribution in [-0.4, -0.2) is 27.7 Å². The Balaban J connectivity index is 1.40. The topological polar surface area (TPSA) is 64.4 Å². The first-order valence-corrected chi connectivity index (χ1v) is 15.2. The molecule has 3 aromatic heterocycles. The number of carboxylic acids is 1. The van der Waals surface area contributed by atoms with Crippen LogP contribution in [0.25, 0.3) is 54.8 Å². The Bertz CT molecular complexity index is 2240. The molecule has 9 heteroatoms. The number of nitrogens with zero attached hydrogens (tertiary/aromatic N) is 2. The fourth-order valence-electron chi connectivity index (χ4n) is 5.78. The molecular formula is C37H25F3N2O3S. The van der Waals surface area contributed by atoms with Crippen molar-refractivity contribution in [1.29, 1.82) is 0 Å². The molecule has 7 rings (SSSR count). The number of pyridine rings is 1. The largest absolute Gasteiger partial charge is 0.497 e. The minimum atomic E-state index is -4.40. The summed E-state index contributed by atoms with van der Waals surface area (Å²) in [5.41, 5.74) is 6.70. The van der Waals surface area contributed by atoms with E-state index in [2.05, 4.69) is 4.57 Å². The maximum absolute atomic E-state index is 13.1. The number of thiophene rings is 1. The highest BCUT2D eigenvalue weighted by Gasteiger charge is 2.30. The van der Waals surface area contributed by atoms with Crippen molar-refractivity contribution < 1.29 is 27.8 Å². The van der Waals surface area contributed by atoms with Gasteiger partial charge in [0.25, 0.3) is 0 Å². The van der Waals surface area contributed by atoms with Crippen LogP contribution in [0.5, 0.6) is 5.75 Å². The van der Waals surface area contributed by atoms with Gasteiger partial charge in [-0.1, -0.05) is 66.7 Å². The first-order chi connectivity index (χ1) is 22.2. The third kappa shape index (κ3) is 5.39. The molecule has 0 fully saturated rings. The number of hydrogen-bond acceptors (Lipinski definition) is 4. The van der Waals surface area contributed by atoms with Crippen molar-refractivity contribution in [2.75, 3.05) is 7.11 Å². The number of rotatable bonds is 7. The Kier molecular flexibility index (Phi) is 7.33. The van der Waals surface area contributed by atoms with Gasteiger partial charge in [-0.05, 0) is 65.2 Å². The molecule has 7 aromatic rings. The predicted octanol–water partition coefficient (Wildman–Crippen LogP) is 10.0. The lowest BCUT2D eigenvalue weighted by Gasteiger charge is -2.15. The monoisotopic (exact) mass is 634 g/mol. The van der Waals surface area contributed by atoms with Gasteiger partial charge >= 0.3 is 12.1 Å². The molecule has 1 N–H and O–H groups in total. The van der Waals surface area contributed by atoms with Gasteiger partial charge in [-0.3, -0.25) is 0 Å². The molecule has 4 aromatic carbocycles. The molecule has 3 heterocycles. The first kappa shape index (κ1) is 29.3. The highest BCUT2D eigenvalue weighted by molar-refractivity contribution is 7.21. The molecule has 5 nitrogen and oxygen atoms in total. The van der Waals surface area contributed by atoms with E-state index >= 15 is 0 Å². The number of aromatic carboxylic acids is 1. The van der Waals surface area contributed by atoms with E-state index in [9.17, 15) is 23.1 Å². The standard InChI is InChI=1S/C37H25F3N2O3S/c1-45-28-9-5-6-22(18-28)21-42-31-20-32(36(43)44)46-35(31)33(24-7-3-2-4-8-24)34(42)26-13-17-30-25(19-26)12-16-29(41-30)23-10-14-27(15-11-23)37(38,39)40/h2-20H,21H2,1H3,(H,43,44). The van der Waals surface area contributed by atoms with Crippen molar-refractivity contribution in [1.82, 2.24) is 9.55 Å². The zero-order valence-corrected chi connectivity index (χ0v) is 25.2. The van der Waals surface area contributed by atoms with Crippen LogP contribution < -0.4 is 4.74 Å². The molecule has 0 radical (unpaired) electrons. The Hall–Kier alpha value is -5.41. The lowest BCUT2D eigenvalue weighted by molar-refractivity contribution is -0.137. The van der Waals surface area contributed by atoms with Gasteiger partial charge in [0.1, 0.15) is 10.6 Å². The lowest BCUT2D eigenvalue weighted by atomic mass is 9.99. The van der Waals surface area contributed by atoms with Gasteiger partial charge in [-0.15, -0.1) is 11.3 Å². The van der Waals surface area contributed by atoms with Gasteiger partial charge in [-0.2, -0.15) is 13.2 Å². The zero-order valence-electron chi connectivity index (χ0n) is 24.4. The van der Waals surface area contributed by atoms with E-state index < -0.39 is 17.7 Å². The summed E-state index contributed by atoms with van der Waals surface area (Å²) in [5, 5.41) is 10.8. The van der Waals surface area contributed by atoms with Crippen LogP contribution in [0.2, 0.25) is 0 Å². The second-order valence-electron chi connectivity index (χ2n) is 10.8. The van der Waals surface area contributed by atoms with Crippen LogP contribution in [0.15, 0.2) is 115 Å². The Labute approximate surface area is 265 Å². The van der Waals surface area contributed by atoms with E-state index in [4.69, 9.17) is 9.72 Å². The Morgan fingerprint density at radius 3 is 2.33 bits per heavy atom. The summed E-state index contributed by atoms with van der Waals surface area (Å²) >= 11 is 1.25. The number of hydrogen-bond donors (Lipinski definition) is 1. The molecule has 0 spiro atoms. The molecule has 46 heavy (non-hydrogen) atoms. The summed E-state index contributed by atoms with van der Waals surface area (Å²) in [6, 6.07) is 34.1. The minimum absolute atomic E-state index is 0.256. The molecule has 0 aliphatic rings. The summed E-state index contributed by atoms with van der Waals surface area (Å²) in [6.45, 7) is 0.467. The zero-order chi connectivity index (χ0) is 32.0. The average molecular weight is 635 g/mol. The number of halogens is 3. The van der Waals surface area contributed by atoms with Gasteiger partial charge in [0.05, 0.1) is 39.8 Å². The van der Waals surface area contributed by atoms with Crippen molar-refractivity contribution in [2.24, 2.45) is 0 Å². The van der Waals surface area contributed by atoms with Gasteiger partial charge in [-0.25, -0.2) is 9.78 Å². The SMILES string of the molecule is COc1cccc(Cn2c(-c3ccc4nc(-c5ccc(C(F)(F)F)cc5)ccc4c3)c(-c3ccccc3)c3sc(C(=O)O)cc32)c1. The van der Waals surface area contributed by atoms with E-state index in [0.717, 1.165) is 61.4 Å². The van der Waals surface area contributed by atoms with Crippen molar-refractivity contribution in [2.45, 2.75) is 12.7 Å². The molecular weight excluding hydrogens is 609 g/mol. The number of aromatic nitrogens is 2. The lowest BCUT2D eigenvalue weighted by Crippen LogP contribution is -2.04. The molecule has 0 amide bonds. The van der Waals surface area contributed by atoms with Gasteiger partial charge in [0.2, 0.25) is 0 Å². The second-order valence-corrected chi connectivity index (χ2v) is 11.9. The van der Waals surface area contributed by atoms with E-state index in [0.29, 0.717) is 23.3 Å². The van der Waals surface area contributed by atoms with Crippen molar-refractivity contribution in [3.05, 3.63) is 131 Å². The number of alkyl halides is 3. The number of fused-ring (bicyclic) bond motifs is 2. The van der Waals surface area contributed by atoms with E-state index in [1.54, 1.807) is 19.2 Å². The minimum Gasteiger partial charge on any atom is -0.497 e.